The van der Waals surface area contributed by atoms with Gasteiger partial charge in [-0.25, -0.2) is 4.79 Å². The number of hydrogen-bond donors (Lipinski definition) is 2. The monoisotopic (exact) mass is 238 g/mol. The van der Waals surface area contributed by atoms with Crippen LogP contribution in [0.15, 0.2) is 17.7 Å². The van der Waals surface area contributed by atoms with E-state index in [1.807, 2.05) is 0 Å². The summed E-state index contributed by atoms with van der Waals surface area (Å²) in [6.07, 6.45) is 2.47. The lowest BCUT2D eigenvalue weighted by atomic mass is 10.3. The molecule has 0 atom stereocenters. The predicted octanol–water partition coefficient (Wildman–Crippen LogP) is 2.23. The Labute approximate surface area is 88.0 Å². The summed E-state index contributed by atoms with van der Waals surface area (Å²) in [6, 6.07) is 0. The number of aromatic carboxylic acids is 1. The van der Waals surface area contributed by atoms with Crippen LogP contribution in [0.5, 0.6) is 0 Å². The number of carboxylic acids is 1. The molecule has 0 aliphatic carbocycles. The number of pyridine rings is 1. The van der Waals surface area contributed by atoms with Crippen LogP contribution in [0.4, 0.5) is 0 Å². The molecule has 1 heterocycles. The number of nitrogens with zero attached hydrogens (tertiary/aromatic N) is 2. The highest BCUT2D eigenvalue weighted by atomic mass is 35.5. The number of rotatable bonds is 1. The predicted molar refractivity (Wildman–Crippen MR) is 48.8 cm³/mol. The Bertz CT molecular complexity index is 324. The summed E-state index contributed by atoms with van der Waals surface area (Å²) < 4.78 is 0. The maximum absolute atomic E-state index is 10.4. The molecule has 8 heteroatoms. The lowest BCUT2D eigenvalue weighted by Crippen LogP contribution is -1.98. The molecule has 0 aliphatic rings. The van der Waals surface area contributed by atoms with Gasteiger partial charge in [0, 0.05) is 12.4 Å². The van der Waals surface area contributed by atoms with Crippen LogP contribution >= 0.6 is 23.2 Å². The Balaban J connectivity index is 0.000000500. The first-order valence-electron chi connectivity index (χ1n) is 3.03. The normalized spacial score (nSPS) is 8.43. The summed E-state index contributed by atoms with van der Waals surface area (Å²) in [5, 5.41) is 16.5. The van der Waals surface area contributed by atoms with Crippen molar-refractivity contribution in [3.63, 3.8) is 0 Å². The highest BCUT2D eigenvalue weighted by Gasteiger charge is 2.12. The molecule has 0 saturated heterocycles. The van der Waals surface area contributed by atoms with E-state index in [0.29, 0.717) is 0 Å². The first-order chi connectivity index (χ1) is 6.54. The molecule has 0 aromatic carbocycles. The van der Waals surface area contributed by atoms with E-state index in [-0.39, 0.29) is 15.6 Å². The quantitative estimate of drug-likeness (QED) is 0.578. The molecule has 14 heavy (non-hydrogen) atoms. The SMILES string of the molecule is O=C(O)c1c(Cl)cncc1Cl.O=NO. The van der Waals surface area contributed by atoms with E-state index < -0.39 is 5.97 Å². The minimum atomic E-state index is -1.15. The van der Waals surface area contributed by atoms with E-state index in [4.69, 9.17) is 38.4 Å². The molecule has 0 aliphatic heterocycles. The molecule has 0 fully saturated rings. The second kappa shape index (κ2) is 6.11. The van der Waals surface area contributed by atoms with Crippen molar-refractivity contribution in [2.75, 3.05) is 0 Å². The molecule has 0 spiro atoms. The van der Waals surface area contributed by atoms with E-state index in [1.165, 1.54) is 17.7 Å². The van der Waals surface area contributed by atoms with Gasteiger partial charge < -0.3 is 10.3 Å². The van der Waals surface area contributed by atoms with Crippen LogP contribution in [0.2, 0.25) is 10.0 Å². The van der Waals surface area contributed by atoms with Gasteiger partial charge in [0.15, 0.2) is 5.34 Å². The van der Waals surface area contributed by atoms with E-state index >= 15 is 0 Å². The van der Waals surface area contributed by atoms with Gasteiger partial charge in [0.05, 0.1) is 15.6 Å². The smallest absolute Gasteiger partial charge is 0.338 e. The summed E-state index contributed by atoms with van der Waals surface area (Å²) >= 11 is 11.0. The van der Waals surface area contributed by atoms with Crippen molar-refractivity contribution >= 4 is 29.2 Å². The summed E-state index contributed by atoms with van der Waals surface area (Å²) in [6.45, 7) is 0. The number of carbonyl (C=O) groups is 1. The second-order valence-electron chi connectivity index (χ2n) is 1.86. The molecule has 0 bridgehead atoms. The number of aromatic nitrogens is 1. The second-order valence-corrected chi connectivity index (χ2v) is 2.68. The lowest BCUT2D eigenvalue weighted by Gasteiger charge is -1.98. The molecule has 0 radical (unpaired) electrons. The Kier molecular flexibility index (Phi) is 5.50. The first kappa shape index (κ1) is 12.6. The van der Waals surface area contributed by atoms with Crippen LogP contribution in [-0.4, -0.2) is 21.3 Å². The van der Waals surface area contributed by atoms with Gasteiger partial charge in [0.25, 0.3) is 0 Å². The van der Waals surface area contributed by atoms with Crippen molar-refractivity contribution < 1.29 is 15.1 Å². The fraction of sp³-hybridized carbons (Fsp3) is 0. The zero-order valence-electron chi connectivity index (χ0n) is 6.52. The number of halogens is 2. The van der Waals surface area contributed by atoms with Gasteiger partial charge in [0.1, 0.15) is 0 Å². The van der Waals surface area contributed by atoms with Gasteiger partial charge in [-0.2, -0.15) is 0 Å². The average Bonchev–Trinajstić information content (AvgIpc) is 2.04. The fourth-order valence-corrected chi connectivity index (χ4v) is 1.14. The summed E-state index contributed by atoms with van der Waals surface area (Å²) in [7, 11) is 0. The minimum absolute atomic E-state index is 0.0463. The maximum atomic E-state index is 10.4. The topological polar surface area (TPSA) is 99.8 Å². The van der Waals surface area contributed by atoms with Gasteiger partial charge in [-0.05, 0) is 0 Å². The third-order valence-corrected chi connectivity index (χ3v) is 1.64. The third-order valence-electron chi connectivity index (χ3n) is 1.07. The Hall–Kier alpha value is -1.40. The minimum Gasteiger partial charge on any atom is -0.478 e. The van der Waals surface area contributed by atoms with Gasteiger partial charge in [-0.3, -0.25) is 4.98 Å². The molecule has 6 nitrogen and oxygen atoms in total. The van der Waals surface area contributed by atoms with Crippen LogP contribution in [0, 0.1) is 4.91 Å². The first-order valence-corrected chi connectivity index (χ1v) is 3.79. The van der Waals surface area contributed by atoms with Gasteiger partial charge in [-0.1, -0.05) is 23.2 Å². The van der Waals surface area contributed by atoms with Gasteiger partial charge in [0.2, 0.25) is 0 Å². The zero-order chi connectivity index (χ0) is 11.1. The van der Waals surface area contributed by atoms with Crippen molar-refractivity contribution in [1.82, 2.24) is 4.98 Å². The molecule has 1 aromatic rings. The summed E-state index contributed by atoms with van der Waals surface area (Å²) in [5.74, 6) is -1.15. The Morgan fingerprint density at radius 2 is 1.71 bits per heavy atom. The lowest BCUT2D eigenvalue weighted by molar-refractivity contribution is 0.0697. The summed E-state index contributed by atoms with van der Waals surface area (Å²) in [4.78, 5) is 22.2. The van der Waals surface area contributed by atoms with Crippen LogP contribution in [0.25, 0.3) is 0 Å². The van der Waals surface area contributed by atoms with Gasteiger partial charge in [-0.15, -0.1) is 4.91 Å². The molecular weight excluding hydrogens is 235 g/mol. The third kappa shape index (κ3) is 3.55. The average molecular weight is 239 g/mol. The van der Waals surface area contributed by atoms with Crippen LogP contribution < -0.4 is 0 Å². The molecule has 2 N–H and O–H groups in total. The van der Waals surface area contributed by atoms with Crippen molar-refractivity contribution in [2.45, 2.75) is 0 Å². The van der Waals surface area contributed by atoms with E-state index in [9.17, 15) is 4.79 Å². The maximum Gasteiger partial charge on any atom is 0.338 e. The molecular formula is C6H4Cl2N2O4. The summed E-state index contributed by atoms with van der Waals surface area (Å²) in [5.41, 5.74) is -0.108. The van der Waals surface area contributed by atoms with Crippen molar-refractivity contribution in [3.8, 4) is 0 Å². The van der Waals surface area contributed by atoms with Crippen LogP contribution in [0.1, 0.15) is 10.4 Å². The molecule has 1 aromatic heterocycles. The Morgan fingerprint density at radius 3 is 1.93 bits per heavy atom. The molecule has 0 unspecified atom stereocenters. The van der Waals surface area contributed by atoms with Crippen molar-refractivity contribution in [3.05, 3.63) is 32.9 Å². The Morgan fingerprint density at radius 1 is 1.36 bits per heavy atom. The molecule has 1 rings (SSSR count). The van der Waals surface area contributed by atoms with Crippen molar-refractivity contribution in [1.29, 1.82) is 0 Å². The van der Waals surface area contributed by atoms with Gasteiger partial charge >= 0.3 is 5.97 Å². The molecule has 0 amide bonds. The number of carboxylic acid groups (broad SMARTS) is 1. The van der Waals surface area contributed by atoms with E-state index in [2.05, 4.69) is 4.98 Å². The highest BCUT2D eigenvalue weighted by molar-refractivity contribution is 6.38. The van der Waals surface area contributed by atoms with E-state index in [1.54, 1.807) is 0 Å². The van der Waals surface area contributed by atoms with Crippen LogP contribution in [-0.2, 0) is 0 Å². The van der Waals surface area contributed by atoms with E-state index in [0.717, 1.165) is 0 Å². The molecule has 76 valence electrons. The van der Waals surface area contributed by atoms with Crippen LogP contribution in [0.3, 0.4) is 0 Å². The zero-order valence-corrected chi connectivity index (χ0v) is 8.03. The fourth-order valence-electron chi connectivity index (χ4n) is 0.616. The highest BCUT2D eigenvalue weighted by Crippen LogP contribution is 2.22. The largest absolute Gasteiger partial charge is 0.478 e. The van der Waals surface area contributed by atoms with Crippen molar-refractivity contribution in [2.24, 2.45) is 5.34 Å². The molecule has 0 saturated carbocycles. The standard InChI is InChI=1S/C6H3Cl2NO2.HNO2/c7-3-1-9-2-4(8)5(3)6(10)11;2-1-3/h1-2H,(H,10,11);(H,2,3). The number of hydrogen-bond acceptors (Lipinski definition) is 4.